The molecule has 0 radical (unpaired) electrons. The van der Waals surface area contributed by atoms with Crippen molar-refractivity contribution in [1.29, 1.82) is 0 Å². The van der Waals surface area contributed by atoms with E-state index in [0.29, 0.717) is 17.5 Å². The number of likely N-dealkylation sites (tertiary alicyclic amines) is 1. The van der Waals surface area contributed by atoms with Gasteiger partial charge in [-0.3, -0.25) is 9.47 Å². The van der Waals surface area contributed by atoms with Gasteiger partial charge >= 0.3 is 6.61 Å². The molecule has 1 aromatic carbocycles. The fourth-order valence-corrected chi connectivity index (χ4v) is 4.69. The SMILES string of the molecule is CCCCn1nnnc1CSc1nnc(CN2CCCCC2)n1-c1ccc(OC(F)F)cc1. The number of hydrogen-bond donors (Lipinski definition) is 0. The number of unbranched alkanes of at least 4 members (excludes halogenated alkanes) is 1. The lowest BCUT2D eigenvalue weighted by molar-refractivity contribution is -0.0498. The van der Waals surface area contributed by atoms with E-state index in [4.69, 9.17) is 0 Å². The number of aryl methyl sites for hydroxylation is 1. The lowest BCUT2D eigenvalue weighted by Gasteiger charge is -2.26. The number of rotatable bonds is 11. The molecule has 0 unspecified atom stereocenters. The number of alkyl halides is 2. The Kier molecular flexibility index (Phi) is 8.21. The van der Waals surface area contributed by atoms with Gasteiger partial charge in [0, 0.05) is 12.2 Å². The van der Waals surface area contributed by atoms with Crippen molar-refractivity contribution in [2.75, 3.05) is 13.1 Å². The molecule has 9 nitrogen and oxygen atoms in total. The summed E-state index contributed by atoms with van der Waals surface area (Å²) in [5.41, 5.74) is 0.793. The van der Waals surface area contributed by atoms with Crippen LogP contribution < -0.4 is 4.74 Å². The molecule has 0 bridgehead atoms. The van der Waals surface area contributed by atoms with Gasteiger partial charge in [0.2, 0.25) is 0 Å². The quantitative estimate of drug-likeness (QED) is 0.383. The van der Waals surface area contributed by atoms with Crippen molar-refractivity contribution in [2.45, 2.75) is 69.6 Å². The number of nitrogens with zero attached hydrogens (tertiary/aromatic N) is 8. The number of thioether (sulfide) groups is 1. The number of aromatic nitrogens is 7. The van der Waals surface area contributed by atoms with Gasteiger partial charge in [0.05, 0.1) is 12.3 Å². The van der Waals surface area contributed by atoms with Gasteiger partial charge in [0.1, 0.15) is 5.75 Å². The first kappa shape index (κ1) is 23.6. The molecule has 1 aliphatic heterocycles. The lowest BCUT2D eigenvalue weighted by atomic mass is 10.1. The number of piperidine rings is 1. The van der Waals surface area contributed by atoms with Crippen molar-refractivity contribution in [3.63, 3.8) is 0 Å². The molecule has 178 valence electrons. The maximum atomic E-state index is 12.6. The fraction of sp³-hybridized carbons (Fsp3) is 0.571. The van der Waals surface area contributed by atoms with Gasteiger partial charge in [-0.25, -0.2) is 4.68 Å². The zero-order valence-electron chi connectivity index (χ0n) is 18.6. The van der Waals surface area contributed by atoms with Gasteiger partial charge in [-0.1, -0.05) is 31.5 Å². The van der Waals surface area contributed by atoms with Crippen molar-refractivity contribution in [1.82, 2.24) is 39.9 Å². The molecule has 1 aliphatic rings. The number of benzene rings is 1. The average Bonchev–Trinajstić information content (AvgIpc) is 3.43. The predicted octanol–water partition coefficient (Wildman–Crippen LogP) is 3.93. The zero-order chi connectivity index (χ0) is 23.0. The first-order valence-electron chi connectivity index (χ1n) is 11.2. The monoisotopic (exact) mass is 478 g/mol. The highest BCUT2D eigenvalue weighted by molar-refractivity contribution is 7.98. The molecule has 33 heavy (non-hydrogen) atoms. The van der Waals surface area contributed by atoms with Crippen molar-refractivity contribution in [3.8, 4) is 11.4 Å². The Balaban J connectivity index is 1.56. The van der Waals surface area contributed by atoms with E-state index in [2.05, 4.69) is 42.3 Å². The smallest absolute Gasteiger partial charge is 0.387 e. The molecule has 0 aliphatic carbocycles. The van der Waals surface area contributed by atoms with Gasteiger partial charge in [-0.2, -0.15) is 8.78 Å². The van der Waals surface area contributed by atoms with Gasteiger partial charge in [0.15, 0.2) is 16.8 Å². The molecule has 4 rings (SSSR count). The standard InChI is InChI=1S/C21H28F2N8OS/c1-2-3-13-30-19(25-27-28-30)15-33-21-26-24-18(14-29-11-5-4-6-12-29)31(21)16-7-9-17(10-8-16)32-20(22)23/h7-10,20H,2-6,11-15H2,1H3. The summed E-state index contributed by atoms with van der Waals surface area (Å²) in [4.78, 5) is 2.37. The topological polar surface area (TPSA) is 86.8 Å². The highest BCUT2D eigenvalue weighted by atomic mass is 32.2. The summed E-state index contributed by atoms with van der Waals surface area (Å²) in [5, 5.41) is 21.7. The van der Waals surface area contributed by atoms with Crippen LogP contribution in [-0.2, 0) is 18.8 Å². The molecule has 1 saturated heterocycles. The maximum absolute atomic E-state index is 12.6. The van der Waals surface area contributed by atoms with E-state index in [1.807, 2.05) is 9.25 Å². The van der Waals surface area contributed by atoms with E-state index in [1.54, 1.807) is 12.1 Å². The van der Waals surface area contributed by atoms with Crippen LogP contribution in [0, 0.1) is 0 Å². The zero-order valence-corrected chi connectivity index (χ0v) is 19.4. The fourth-order valence-electron chi connectivity index (χ4n) is 3.79. The normalized spacial score (nSPS) is 14.8. The molecule has 12 heteroatoms. The summed E-state index contributed by atoms with van der Waals surface area (Å²) < 4.78 is 33.4. The first-order valence-corrected chi connectivity index (χ1v) is 12.2. The molecule has 3 heterocycles. The molecule has 0 amide bonds. The maximum Gasteiger partial charge on any atom is 0.387 e. The molecule has 2 aromatic heterocycles. The number of halogens is 2. The molecule has 1 fully saturated rings. The highest BCUT2D eigenvalue weighted by Gasteiger charge is 2.20. The summed E-state index contributed by atoms with van der Waals surface area (Å²) in [5.74, 6) is 2.25. The second-order valence-electron chi connectivity index (χ2n) is 7.90. The minimum Gasteiger partial charge on any atom is -0.435 e. The third-order valence-electron chi connectivity index (χ3n) is 5.49. The van der Waals surface area contributed by atoms with E-state index >= 15 is 0 Å². The summed E-state index contributed by atoms with van der Waals surface area (Å²) in [6.45, 7) is 2.79. The Morgan fingerprint density at radius 3 is 2.55 bits per heavy atom. The second kappa shape index (κ2) is 11.5. The Morgan fingerprint density at radius 2 is 1.82 bits per heavy atom. The van der Waals surface area contributed by atoms with Crippen LogP contribution in [0.1, 0.15) is 50.7 Å². The summed E-state index contributed by atoms with van der Waals surface area (Å²) in [7, 11) is 0. The van der Waals surface area contributed by atoms with E-state index in [-0.39, 0.29) is 5.75 Å². The van der Waals surface area contributed by atoms with Crippen molar-refractivity contribution in [2.24, 2.45) is 0 Å². The van der Waals surface area contributed by atoms with Crippen LogP contribution in [0.15, 0.2) is 29.4 Å². The number of tetrazole rings is 1. The highest BCUT2D eigenvalue weighted by Crippen LogP contribution is 2.27. The third kappa shape index (κ3) is 6.26. The average molecular weight is 479 g/mol. The van der Waals surface area contributed by atoms with E-state index < -0.39 is 6.61 Å². The predicted molar refractivity (Wildman–Crippen MR) is 119 cm³/mol. The van der Waals surface area contributed by atoms with E-state index in [0.717, 1.165) is 49.8 Å². The molecule has 0 spiro atoms. The summed E-state index contributed by atoms with van der Waals surface area (Å²) >= 11 is 1.50. The van der Waals surface area contributed by atoms with Crippen LogP contribution in [0.25, 0.3) is 5.69 Å². The van der Waals surface area contributed by atoms with Crippen LogP contribution in [0.3, 0.4) is 0 Å². The molecule has 0 N–H and O–H groups in total. The van der Waals surface area contributed by atoms with Crippen LogP contribution >= 0.6 is 11.8 Å². The minimum atomic E-state index is -2.86. The van der Waals surface area contributed by atoms with Crippen LogP contribution in [-0.4, -0.2) is 59.6 Å². The molecule has 0 saturated carbocycles. The summed E-state index contributed by atoms with van der Waals surface area (Å²) in [6.07, 6.45) is 5.67. The Hall–Kier alpha value is -2.60. The van der Waals surface area contributed by atoms with Crippen LogP contribution in [0.2, 0.25) is 0 Å². The molecular formula is C21H28F2N8OS. The Labute approximate surface area is 195 Å². The van der Waals surface area contributed by atoms with Crippen molar-refractivity contribution in [3.05, 3.63) is 35.9 Å². The lowest BCUT2D eigenvalue weighted by Crippen LogP contribution is -2.30. The van der Waals surface area contributed by atoms with Crippen molar-refractivity contribution >= 4 is 11.8 Å². The third-order valence-corrected chi connectivity index (χ3v) is 6.42. The minimum absolute atomic E-state index is 0.115. The van der Waals surface area contributed by atoms with E-state index in [1.165, 1.54) is 43.2 Å². The van der Waals surface area contributed by atoms with Crippen molar-refractivity contribution < 1.29 is 13.5 Å². The number of hydrogen-bond acceptors (Lipinski definition) is 8. The second-order valence-corrected chi connectivity index (χ2v) is 8.85. The van der Waals surface area contributed by atoms with Gasteiger partial charge in [-0.05, 0) is 67.0 Å². The molecule has 3 aromatic rings. The Morgan fingerprint density at radius 1 is 1.03 bits per heavy atom. The molecular weight excluding hydrogens is 450 g/mol. The van der Waals surface area contributed by atoms with Gasteiger partial charge < -0.3 is 4.74 Å². The van der Waals surface area contributed by atoms with Gasteiger partial charge in [-0.15, -0.1) is 15.3 Å². The van der Waals surface area contributed by atoms with Crippen LogP contribution in [0.4, 0.5) is 8.78 Å². The van der Waals surface area contributed by atoms with E-state index in [9.17, 15) is 8.78 Å². The van der Waals surface area contributed by atoms with Gasteiger partial charge in [0.25, 0.3) is 0 Å². The molecule has 0 atom stereocenters. The first-order chi connectivity index (χ1) is 16.1. The Bertz CT molecular complexity index is 1000. The summed E-state index contributed by atoms with van der Waals surface area (Å²) in [6, 6.07) is 6.56. The largest absolute Gasteiger partial charge is 0.435 e. The number of ether oxygens (including phenoxy) is 1. The van der Waals surface area contributed by atoms with Crippen LogP contribution in [0.5, 0.6) is 5.75 Å².